The molecule has 0 saturated carbocycles. The van der Waals surface area contributed by atoms with Crippen LogP contribution in [0.2, 0.25) is 5.02 Å². The second kappa shape index (κ2) is 6.12. The van der Waals surface area contributed by atoms with Gasteiger partial charge in [0.1, 0.15) is 5.75 Å². The minimum Gasteiger partial charge on any atom is -0.482 e. The van der Waals surface area contributed by atoms with Gasteiger partial charge in [0, 0.05) is 18.7 Å². The number of halogens is 1. The van der Waals surface area contributed by atoms with E-state index in [0.29, 0.717) is 29.7 Å². The fourth-order valence-corrected chi connectivity index (χ4v) is 2.03. The lowest BCUT2D eigenvalue weighted by Gasteiger charge is -2.21. The number of anilines is 2. The lowest BCUT2D eigenvalue weighted by molar-refractivity contribution is -0.118. The van der Waals surface area contributed by atoms with Gasteiger partial charge < -0.3 is 20.1 Å². The first-order valence-corrected chi connectivity index (χ1v) is 6.58. The monoisotopic (exact) mass is 284 g/mol. The normalized spacial score (nSPS) is 15.2. The van der Waals surface area contributed by atoms with Crippen LogP contribution in [0, 0.1) is 0 Å². The molecule has 0 fully saturated rings. The predicted molar refractivity (Wildman–Crippen MR) is 75.2 cm³/mol. The van der Waals surface area contributed by atoms with E-state index < -0.39 is 0 Å². The molecule has 1 aromatic carbocycles. The van der Waals surface area contributed by atoms with Gasteiger partial charge >= 0.3 is 0 Å². The Hall–Kier alpha value is -1.46. The molecule has 0 saturated heterocycles. The smallest absolute Gasteiger partial charge is 0.262 e. The van der Waals surface area contributed by atoms with E-state index in [1.54, 1.807) is 12.1 Å². The van der Waals surface area contributed by atoms with Gasteiger partial charge in [0.15, 0.2) is 6.61 Å². The molecule has 2 N–H and O–H groups in total. The first-order valence-electron chi connectivity index (χ1n) is 6.20. The van der Waals surface area contributed by atoms with Gasteiger partial charge in [0.05, 0.1) is 23.0 Å². The molecule has 5 nitrogen and oxygen atoms in total. The molecule has 1 aliphatic heterocycles. The van der Waals surface area contributed by atoms with E-state index in [2.05, 4.69) is 10.6 Å². The first-order chi connectivity index (χ1) is 9.10. The van der Waals surface area contributed by atoms with Crippen molar-refractivity contribution < 1.29 is 14.3 Å². The molecule has 1 unspecified atom stereocenters. The Labute approximate surface area is 117 Å². The molecule has 19 heavy (non-hydrogen) atoms. The van der Waals surface area contributed by atoms with E-state index in [0.717, 1.165) is 5.69 Å². The molecule has 6 heteroatoms. The highest BCUT2D eigenvalue weighted by Crippen LogP contribution is 2.36. The lowest BCUT2D eigenvalue weighted by Crippen LogP contribution is -2.26. The maximum atomic E-state index is 11.2. The molecule has 1 heterocycles. The molecule has 0 aliphatic carbocycles. The molecule has 104 valence electrons. The molecule has 0 aromatic heterocycles. The third-order valence-corrected chi connectivity index (χ3v) is 2.99. The molecule has 1 aromatic rings. The van der Waals surface area contributed by atoms with Crippen molar-refractivity contribution >= 4 is 28.9 Å². The molecule has 1 atom stereocenters. The van der Waals surface area contributed by atoms with Gasteiger partial charge in [-0.25, -0.2) is 0 Å². The Morgan fingerprint density at radius 2 is 2.37 bits per heavy atom. The van der Waals surface area contributed by atoms with Crippen LogP contribution in [0.15, 0.2) is 12.1 Å². The summed E-state index contributed by atoms with van der Waals surface area (Å²) in [5.74, 6) is 0.448. The molecule has 0 spiro atoms. The van der Waals surface area contributed by atoms with Crippen LogP contribution in [0.3, 0.4) is 0 Å². The number of carbonyl (C=O) groups is 1. The molecule has 1 aliphatic rings. The van der Waals surface area contributed by atoms with Crippen molar-refractivity contribution in [3.63, 3.8) is 0 Å². The molecule has 1 amide bonds. The second-order valence-corrected chi connectivity index (χ2v) is 4.78. The number of amides is 1. The zero-order valence-corrected chi connectivity index (χ0v) is 11.7. The summed E-state index contributed by atoms with van der Waals surface area (Å²) < 4.78 is 10.7. The number of ether oxygens (including phenoxy) is 2. The summed E-state index contributed by atoms with van der Waals surface area (Å²) in [6, 6.07) is 3.61. The van der Waals surface area contributed by atoms with Crippen molar-refractivity contribution in [3.05, 3.63) is 17.2 Å². The van der Waals surface area contributed by atoms with Crippen LogP contribution in [0.4, 0.5) is 11.4 Å². The summed E-state index contributed by atoms with van der Waals surface area (Å²) in [4.78, 5) is 11.2. The van der Waals surface area contributed by atoms with Crippen molar-refractivity contribution in [2.24, 2.45) is 0 Å². The average Bonchev–Trinajstić information content (AvgIpc) is 2.37. The lowest BCUT2D eigenvalue weighted by atomic mass is 10.2. The number of nitrogens with one attached hydrogen (secondary N) is 2. The quantitative estimate of drug-likeness (QED) is 0.872. The summed E-state index contributed by atoms with van der Waals surface area (Å²) in [6.45, 7) is 5.27. The average molecular weight is 285 g/mol. The van der Waals surface area contributed by atoms with Crippen molar-refractivity contribution in [3.8, 4) is 5.75 Å². The SMILES string of the molecule is CCOCC(C)Nc1cc2c(cc1Cl)NC(=O)CO2. The zero-order valence-electron chi connectivity index (χ0n) is 11.0. The summed E-state index contributed by atoms with van der Waals surface area (Å²) in [6.07, 6.45) is 0. The van der Waals surface area contributed by atoms with Crippen LogP contribution in [0.5, 0.6) is 5.75 Å². The van der Waals surface area contributed by atoms with Crippen LogP contribution in [0.25, 0.3) is 0 Å². The number of fused-ring (bicyclic) bond motifs is 1. The highest BCUT2D eigenvalue weighted by molar-refractivity contribution is 6.33. The van der Waals surface area contributed by atoms with Crippen molar-refractivity contribution in [2.45, 2.75) is 19.9 Å². The summed E-state index contributed by atoms with van der Waals surface area (Å²) >= 11 is 6.18. The van der Waals surface area contributed by atoms with E-state index in [1.807, 2.05) is 13.8 Å². The fraction of sp³-hybridized carbons (Fsp3) is 0.462. The highest BCUT2D eigenvalue weighted by Gasteiger charge is 2.18. The Morgan fingerprint density at radius 3 is 3.11 bits per heavy atom. The van der Waals surface area contributed by atoms with Gasteiger partial charge in [-0.05, 0) is 19.9 Å². The summed E-state index contributed by atoms with van der Waals surface area (Å²) in [7, 11) is 0. The van der Waals surface area contributed by atoms with Crippen LogP contribution >= 0.6 is 11.6 Å². The van der Waals surface area contributed by atoms with Gasteiger partial charge in [-0.2, -0.15) is 0 Å². The van der Waals surface area contributed by atoms with Crippen LogP contribution in [-0.2, 0) is 9.53 Å². The van der Waals surface area contributed by atoms with E-state index in [1.165, 1.54) is 0 Å². The maximum absolute atomic E-state index is 11.2. The van der Waals surface area contributed by atoms with Gasteiger partial charge in [-0.1, -0.05) is 11.6 Å². The minimum atomic E-state index is -0.172. The van der Waals surface area contributed by atoms with Gasteiger partial charge in [0.25, 0.3) is 5.91 Å². The second-order valence-electron chi connectivity index (χ2n) is 4.37. The van der Waals surface area contributed by atoms with Crippen molar-refractivity contribution in [1.82, 2.24) is 0 Å². The largest absolute Gasteiger partial charge is 0.482 e. The Kier molecular flexibility index (Phi) is 4.50. The molecule has 0 radical (unpaired) electrons. The molecular formula is C13H17ClN2O3. The van der Waals surface area contributed by atoms with Crippen LogP contribution in [0.1, 0.15) is 13.8 Å². The maximum Gasteiger partial charge on any atom is 0.262 e. The van der Waals surface area contributed by atoms with E-state index in [9.17, 15) is 4.79 Å². The third kappa shape index (κ3) is 3.52. The molecule has 0 bridgehead atoms. The number of hydrogen-bond acceptors (Lipinski definition) is 4. The number of rotatable bonds is 5. The minimum absolute atomic E-state index is 0.0303. The van der Waals surface area contributed by atoms with Gasteiger partial charge in [0.2, 0.25) is 0 Å². The Morgan fingerprint density at radius 1 is 1.58 bits per heavy atom. The van der Waals surface area contributed by atoms with Gasteiger partial charge in [-0.15, -0.1) is 0 Å². The van der Waals surface area contributed by atoms with Crippen molar-refractivity contribution in [1.29, 1.82) is 0 Å². The van der Waals surface area contributed by atoms with Crippen LogP contribution in [-0.4, -0.2) is 31.8 Å². The number of benzene rings is 1. The Bertz CT molecular complexity index is 479. The summed E-state index contributed by atoms with van der Waals surface area (Å²) in [5, 5.41) is 6.51. The van der Waals surface area contributed by atoms with E-state index >= 15 is 0 Å². The summed E-state index contributed by atoms with van der Waals surface area (Å²) in [5.41, 5.74) is 1.37. The van der Waals surface area contributed by atoms with Gasteiger partial charge in [-0.3, -0.25) is 4.79 Å². The number of carbonyl (C=O) groups excluding carboxylic acids is 1. The zero-order chi connectivity index (χ0) is 13.8. The third-order valence-electron chi connectivity index (χ3n) is 2.68. The number of hydrogen-bond donors (Lipinski definition) is 2. The molecular weight excluding hydrogens is 268 g/mol. The topological polar surface area (TPSA) is 59.6 Å². The standard InChI is InChI=1S/C13H17ClN2O3/c1-3-18-6-8(2)15-10-5-12-11(4-9(10)14)16-13(17)7-19-12/h4-5,8,15H,3,6-7H2,1-2H3,(H,16,17). The van der Waals surface area contributed by atoms with E-state index in [-0.39, 0.29) is 18.6 Å². The first kappa shape index (κ1) is 14.0. The Balaban J connectivity index is 2.11. The van der Waals surface area contributed by atoms with Crippen molar-refractivity contribution in [2.75, 3.05) is 30.5 Å². The van der Waals surface area contributed by atoms with E-state index in [4.69, 9.17) is 21.1 Å². The molecule has 2 rings (SSSR count). The highest BCUT2D eigenvalue weighted by atomic mass is 35.5. The van der Waals surface area contributed by atoms with Crippen LogP contribution < -0.4 is 15.4 Å². The fourth-order valence-electron chi connectivity index (χ4n) is 1.81. The predicted octanol–water partition coefficient (Wildman–Crippen LogP) is 2.51.